The molecule has 0 aliphatic heterocycles. The van der Waals surface area contributed by atoms with Gasteiger partial charge in [0.1, 0.15) is 5.69 Å². The Morgan fingerprint density at radius 2 is 1.76 bits per heavy atom. The summed E-state index contributed by atoms with van der Waals surface area (Å²) in [5.41, 5.74) is 4.37. The van der Waals surface area contributed by atoms with E-state index < -0.39 is 0 Å². The second-order valence-electron chi connectivity index (χ2n) is 7.52. The predicted molar refractivity (Wildman–Crippen MR) is 110 cm³/mol. The van der Waals surface area contributed by atoms with Crippen LogP contribution in [0.1, 0.15) is 47.5 Å². The summed E-state index contributed by atoms with van der Waals surface area (Å²) in [6.07, 6.45) is 1.94. The van der Waals surface area contributed by atoms with E-state index in [9.17, 15) is 9.59 Å². The van der Waals surface area contributed by atoms with Crippen molar-refractivity contribution in [2.45, 2.75) is 32.7 Å². The number of amides is 2. The molecule has 1 saturated carbocycles. The van der Waals surface area contributed by atoms with Crippen molar-refractivity contribution in [1.82, 2.24) is 10.5 Å². The lowest BCUT2D eigenvalue weighted by Crippen LogP contribution is -2.26. The number of hydrogen-bond acceptors (Lipinski definition) is 4. The minimum Gasteiger partial charge on any atom is -0.350 e. The quantitative estimate of drug-likeness (QED) is 0.651. The summed E-state index contributed by atoms with van der Waals surface area (Å²) < 4.78 is 5.23. The predicted octanol–water partition coefficient (Wildman–Crippen LogP) is 4.49. The van der Waals surface area contributed by atoms with Crippen molar-refractivity contribution in [3.8, 4) is 11.3 Å². The van der Waals surface area contributed by atoms with E-state index >= 15 is 0 Å². The fourth-order valence-electron chi connectivity index (χ4n) is 3.04. The van der Waals surface area contributed by atoms with Crippen LogP contribution in [0.5, 0.6) is 0 Å². The van der Waals surface area contributed by atoms with E-state index in [0.29, 0.717) is 5.69 Å². The van der Waals surface area contributed by atoms with E-state index in [1.54, 1.807) is 6.07 Å². The maximum absolute atomic E-state index is 12.5. The Balaban J connectivity index is 1.37. The Morgan fingerprint density at radius 1 is 1.07 bits per heavy atom. The number of aryl methyl sites for hydroxylation is 1. The molecular formula is C23H23N3O3. The molecule has 0 radical (unpaired) electrons. The number of benzene rings is 2. The molecule has 6 nitrogen and oxygen atoms in total. The molecule has 3 aromatic rings. The molecule has 2 aromatic carbocycles. The third-order valence-electron chi connectivity index (χ3n) is 5.06. The van der Waals surface area contributed by atoms with Crippen molar-refractivity contribution in [2.24, 2.45) is 5.92 Å². The van der Waals surface area contributed by atoms with Crippen LogP contribution in [-0.4, -0.2) is 17.0 Å². The van der Waals surface area contributed by atoms with Gasteiger partial charge in [-0.1, -0.05) is 47.1 Å². The number of rotatable bonds is 6. The highest BCUT2D eigenvalue weighted by atomic mass is 16.5. The van der Waals surface area contributed by atoms with Gasteiger partial charge in [0.25, 0.3) is 5.91 Å². The lowest BCUT2D eigenvalue weighted by molar-refractivity contribution is -0.117. The van der Waals surface area contributed by atoms with Crippen molar-refractivity contribution in [2.75, 3.05) is 5.32 Å². The third-order valence-corrected chi connectivity index (χ3v) is 5.06. The first kappa shape index (κ1) is 18.9. The zero-order chi connectivity index (χ0) is 20.4. The fraction of sp³-hybridized carbons (Fsp3) is 0.261. The molecule has 6 heteroatoms. The van der Waals surface area contributed by atoms with Gasteiger partial charge in [0.2, 0.25) is 11.7 Å². The van der Waals surface area contributed by atoms with E-state index in [1.165, 1.54) is 0 Å². The molecular weight excluding hydrogens is 366 g/mol. The second-order valence-corrected chi connectivity index (χ2v) is 7.52. The Bertz CT molecular complexity index is 1020. The summed E-state index contributed by atoms with van der Waals surface area (Å²) in [6.45, 7) is 3.91. The van der Waals surface area contributed by atoms with Crippen LogP contribution in [0, 0.1) is 12.8 Å². The molecule has 29 heavy (non-hydrogen) atoms. The Hall–Kier alpha value is -3.41. The van der Waals surface area contributed by atoms with Crippen LogP contribution < -0.4 is 10.6 Å². The summed E-state index contributed by atoms with van der Waals surface area (Å²) in [5, 5.41) is 9.82. The SMILES string of the molecule is Cc1ccc(-c2cc(C(=O)N[C@@H](C)c3ccc(NC(=O)C4CC4)cc3)on2)cc1. The van der Waals surface area contributed by atoms with Crippen molar-refractivity contribution in [3.63, 3.8) is 0 Å². The zero-order valence-corrected chi connectivity index (χ0v) is 16.4. The molecule has 2 N–H and O–H groups in total. The third kappa shape index (κ3) is 4.54. The lowest BCUT2D eigenvalue weighted by Gasteiger charge is -2.14. The topological polar surface area (TPSA) is 84.2 Å². The standard InChI is InChI=1S/C23H23N3O3/c1-14-3-5-17(6-4-14)20-13-21(29-26-20)23(28)24-15(2)16-9-11-19(12-10-16)25-22(27)18-7-8-18/h3-6,9-13,15,18H,7-8H2,1-2H3,(H,24,28)(H,25,27)/t15-/m0/s1. The second kappa shape index (κ2) is 7.91. The van der Waals surface area contributed by atoms with Gasteiger partial charge in [0.05, 0.1) is 6.04 Å². The summed E-state index contributed by atoms with van der Waals surface area (Å²) in [7, 11) is 0. The minimum atomic E-state index is -0.325. The van der Waals surface area contributed by atoms with Gasteiger partial charge in [0.15, 0.2) is 0 Å². The zero-order valence-electron chi connectivity index (χ0n) is 16.4. The molecule has 2 amide bonds. The van der Waals surface area contributed by atoms with E-state index in [2.05, 4.69) is 15.8 Å². The molecule has 0 saturated heterocycles. The van der Waals surface area contributed by atoms with Crippen LogP contribution in [0.2, 0.25) is 0 Å². The van der Waals surface area contributed by atoms with Gasteiger partial charge in [-0.05, 0) is 44.4 Å². The van der Waals surface area contributed by atoms with E-state index in [-0.39, 0.29) is 29.5 Å². The Labute approximate surface area is 169 Å². The maximum Gasteiger partial charge on any atom is 0.290 e. The molecule has 1 aromatic heterocycles. The molecule has 1 heterocycles. The molecule has 4 rings (SSSR count). The molecule has 1 aliphatic carbocycles. The molecule has 1 aliphatic rings. The van der Waals surface area contributed by atoms with Gasteiger partial charge in [0, 0.05) is 23.2 Å². The van der Waals surface area contributed by atoms with Gasteiger partial charge in [-0.25, -0.2) is 0 Å². The van der Waals surface area contributed by atoms with Gasteiger partial charge in [-0.15, -0.1) is 0 Å². The van der Waals surface area contributed by atoms with Gasteiger partial charge >= 0.3 is 0 Å². The smallest absolute Gasteiger partial charge is 0.290 e. The molecule has 148 valence electrons. The van der Waals surface area contributed by atoms with Gasteiger partial charge in [-0.2, -0.15) is 0 Å². The van der Waals surface area contributed by atoms with E-state index in [4.69, 9.17) is 4.52 Å². The monoisotopic (exact) mass is 389 g/mol. The van der Waals surface area contributed by atoms with Crippen molar-refractivity contribution in [3.05, 3.63) is 71.5 Å². The highest BCUT2D eigenvalue weighted by Gasteiger charge is 2.29. The first-order chi connectivity index (χ1) is 14.0. The highest BCUT2D eigenvalue weighted by Crippen LogP contribution is 2.30. The van der Waals surface area contributed by atoms with Gasteiger partial charge < -0.3 is 15.2 Å². The normalized spacial score (nSPS) is 14.3. The molecule has 1 atom stereocenters. The number of aromatic nitrogens is 1. The number of carbonyl (C=O) groups is 2. The maximum atomic E-state index is 12.5. The largest absolute Gasteiger partial charge is 0.350 e. The number of nitrogens with one attached hydrogen (secondary N) is 2. The van der Waals surface area contributed by atoms with Crippen LogP contribution in [0.15, 0.2) is 59.1 Å². The van der Waals surface area contributed by atoms with Crippen LogP contribution in [-0.2, 0) is 4.79 Å². The molecule has 0 bridgehead atoms. The van der Waals surface area contributed by atoms with Gasteiger partial charge in [-0.3, -0.25) is 9.59 Å². The molecule has 0 unspecified atom stereocenters. The van der Waals surface area contributed by atoms with Crippen molar-refractivity contribution < 1.29 is 14.1 Å². The van der Waals surface area contributed by atoms with Crippen LogP contribution in [0.3, 0.4) is 0 Å². The summed E-state index contributed by atoms with van der Waals surface area (Å²) in [5.74, 6) is 0.0867. The van der Waals surface area contributed by atoms with Crippen molar-refractivity contribution in [1.29, 1.82) is 0 Å². The fourth-order valence-corrected chi connectivity index (χ4v) is 3.04. The minimum absolute atomic E-state index is 0.0776. The Morgan fingerprint density at radius 3 is 2.41 bits per heavy atom. The average molecular weight is 389 g/mol. The number of nitrogens with zero attached hydrogens (tertiary/aromatic N) is 1. The first-order valence-corrected chi connectivity index (χ1v) is 9.75. The summed E-state index contributed by atoms with van der Waals surface area (Å²) in [4.78, 5) is 24.4. The lowest BCUT2D eigenvalue weighted by atomic mass is 10.1. The van der Waals surface area contributed by atoms with E-state index in [1.807, 2.05) is 62.4 Å². The van der Waals surface area contributed by atoms with Crippen LogP contribution in [0.4, 0.5) is 5.69 Å². The molecule has 1 fully saturated rings. The summed E-state index contributed by atoms with van der Waals surface area (Å²) in [6, 6.07) is 16.8. The Kier molecular flexibility index (Phi) is 5.16. The highest BCUT2D eigenvalue weighted by molar-refractivity contribution is 5.94. The summed E-state index contributed by atoms with van der Waals surface area (Å²) >= 11 is 0. The average Bonchev–Trinajstić information content (AvgIpc) is 3.46. The van der Waals surface area contributed by atoms with Crippen LogP contribution >= 0.6 is 0 Å². The molecule has 0 spiro atoms. The number of anilines is 1. The number of hydrogen-bond donors (Lipinski definition) is 2. The first-order valence-electron chi connectivity index (χ1n) is 9.75. The van der Waals surface area contributed by atoms with Crippen LogP contribution in [0.25, 0.3) is 11.3 Å². The van der Waals surface area contributed by atoms with E-state index in [0.717, 1.165) is 35.2 Å². The van der Waals surface area contributed by atoms with Crippen molar-refractivity contribution >= 4 is 17.5 Å². The number of carbonyl (C=O) groups excluding carboxylic acids is 2.